The standard InChI is InChI=1S/C7H9ClN4O3S/c1-9-6(14)12-16-2-3-4(8)5(13)11-7(15)10-3/h2H2,1H3,(H2,9,12,14)(H2,10,11,13,15). The Labute approximate surface area is 99.1 Å². The lowest BCUT2D eigenvalue weighted by Gasteiger charge is -2.04. The Balaban J connectivity index is 2.71. The largest absolute Gasteiger partial charge is 0.341 e. The first-order valence-corrected chi connectivity index (χ1v) is 5.51. The minimum absolute atomic E-state index is 0.0918. The molecular weight excluding hydrogens is 256 g/mol. The summed E-state index contributed by atoms with van der Waals surface area (Å²) < 4.78 is 2.42. The number of rotatable bonds is 3. The van der Waals surface area contributed by atoms with Gasteiger partial charge in [-0.15, -0.1) is 0 Å². The van der Waals surface area contributed by atoms with Crippen LogP contribution in [0.1, 0.15) is 5.69 Å². The van der Waals surface area contributed by atoms with E-state index in [0.717, 1.165) is 11.9 Å². The molecule has 9 heteroatoms. The van der Waals surface area contributed by atoms with Gasteiger partial charge in [0.1, 0.15) is 5.02 Å². The number of nitrogens with one attached hydrogen (secondary N) is 4. The van der Waals surface area contributed by atoms with Gasteiger partial charge >= 0.3 is 11.7 Å². The number of amides is 2. The second kappa shape index (κ2) is 5.61. The van der Waals surface area contributed by atoms with Gasteiger partial charge in [0.05, 0.1) is 11.4 Å². The lowest BCUT2D eigenvalue weighted by molar-refractivity contribution is 0.248. The van der Waals surface area contributed by atoms with Gasteiger partial charge in [-0.1, -0.05) is 11.6 Å². The third kappa shape index (κ3) is 3.31. The van der Waals surface area contributed by atoms with Crippen LogP contribution in [0.25, 0.3) is 0 Å². The van der Waals surface area contributed by atoms with E-state index < -0.39 is 11.2 Å². The Kier molecular flexibility index (Phi) is 4.44. The fourth-order valence-corrected chi connectivity index (χ4v) is 1.75. The molecule has 0 aliphatic rings. The summed E-state index contributed by atoms with van der Waals surface area (Å²) in [5.74, 6) is 0.186. The van der Waals surface area contributed by atoms with E-state index in [9.17, 15) is 14.4 Å². The second-order valence-corrected chi connectivity index (χ2v) is 3.83. The van der Waals surface area contributed by atoms with E-state index in [1.165, 1.54) is 7.05 Å². The van der Waals surface area contributed by atoms with Crippen LogP contribution >= 0.6 is 23.5 Å². The highest BCUT2D eigenvalue weighted by molar-refractivity contribution is 7.97. The van der Waals surface area contributed by atoms with E-state index in [-0.39, 0.29) is 22.5 Å². The molecule has 16 heavy (non-hydrogen) atoms. The lowest BCUT2D eigenvalue weighted by Crippen LogP contribution is -2.28. The Morgan fingerprint density at radius 2 is 2.12 bits per heavy atom. The fourth-order valence-electron chi connectivity index (χ4n) is 0.842. The maximum absolute atomic E-state index is 11.1. The van der Waals surface area contributed by atoms with Crippen molar-refractivity contribution in [2.24, 2.45) is 0 Å². The van der Waals surface area contributed by atoms with Gasteiger partial charge in [-0.05, 0) is 11.9 Å². The molecule has 1 rings (SSSR count). The summed E-state index contributed by atoms with van der Waals surface area (Å²) in [4.78, 5) is 37.2. The monoisotopic (exact) mass is 264 g/mol. The van der Waals surface area contributed by atoms with Crippen molar-refractivity contribution in [1.29, 1.82) is 0 Å². The molecule has 0 radical (unpaired) electrons. The number of carbonyl (C=O) groups is 1. The highest BCUT2D eigenvalue weighted by Crippen LogP contribution is 2.11. The molecular formula is C7H9ClN4O3S. The number of carbonyl (C=O) groups excluding carboxylic acids is 1. The molecule has 0 unspecified atom stereocenters. The van der Waals surface area contributed by atoms with Crippen molar-refractivity contribution >= 4 is 29.6 Å². The van der Waals surface area contributed by atoms with Crippen LogP contribution in [0.4, 0.5) is 4.79 Å². The van der Waals surface area contributed by atoms with Gasteiger partial charge in [0.15, 0.2) is 0 Å². The average molecular weight is 265 g/mol. The van der Waals surface area contributed by atoms with E-state index in [1.54, 1.807) is 0 Å². The van der Waals surface area contributed by atoms with Crippen LogP contribution in [0.15, 0.2) is 9.59 Å². The highest BCUT2D eigenvalue weighted by Gasteiger charge is 2.07. The number of hydrogen-bond acceptors (Lipinski definition) is 4. The van der Waals surface area contributed by atoms with Crippen LogP contribution in [-0.2, 0) is 5.75 Å². The third-order valence-corrected chi connectivity index (χ3v) is 2.73. The van der Waals surface area contributed by atoms with Gasteiger partial charge in [-0.25, -0.2) is 9.59 Å². The summed E-state index contributed by atoms with van der Waals surface area (Å²) >= 11 is 6.66. The molecule has 1 aromatic rings. The molecule has 0 spiro atoms. The quantitative estimate of drug-likeness (QED) is 0.567. The maximum Gasteiger partial charge on any atom is 0.326 e. The summed E-state index contributed by atoms with van der Waals surface area (Å²) in [6.45, 7) is 0. The number of H-pyrrole nitrogens is 2. The summed E-state index contributed by atoms with van der Waals surface area (Å²) in [6, 6.07) is -0.381. The van der Waals surface area contributed by atoms with E-state index in [2.05, 4.69) is 15.0 Å². The predicted octanol–water partition coefficient (Wildman–Crippen LogP) is -0.206. The zero-order chi connectivity index (χ0) is 12.1. The molecule has 0 aromatic carbocycles. The zero-order valence-electron chi connectivity index (χ0n) is 8.22. The first kappa shape index (κ1) is 12.7. The molecule has 0 aliphatic carbocycles. The topological polar surface area (TPSA) is 107 Å². The Bertz CT molecular complexity index is 497. The molecule has 1 aromatic heterocycles. The lowest BCUT2D eigenvalue weighted by atomic mass is 10.4. The molecule has 0 bridgehead atoms. The molecule has 0 atom stereocenters. The van der Waals surface area contributed by atoms with E-state index in [0.29, 0.717) is 0 Å². The molecule has 0 saturated carbocycles. The summed E-state index contributed by atoms with van der Waals surface area (Å²) in [5.41, 5.74) is -1.03. The minimum Gasteiger partial charge on any atom is -0.341 e. The van der Waals surface area contributed by atoms with Gasteiger partial charge in [-0.2, -0.15) is 0 Å². The van der Waals surface area contributed by atoms with Crippen molar-refractivity contribution in [3.05, 3.63) is 31.6 Å². The summed E-state index contributed by atoms with van der Waals surface area (Å²) in [6.07, 6.45) is 0. The van der Waals surface area contributed by atoms with Crippen molar-refractivity contribution in [1.82, 2.24) is 20.0 Å². The number of urea groups is 1. The molecule has 1 heterocycles. The van der Waals surface area contributed by atoms with Crippen LogP contribution in [0.2, 0.25) is 5.02 Å². The van der Waals surface area contributed by atoms with Gasteiger partial charge in [0, 0.05) is 7.05 Å². The maximum atomic E-state index is 11.1. The molecule has 0 fully saturated rings. The van der Waals surface area contributed by atoms with Gasteiger partial charge in [0.2, 0.25) is 0 Å². The van der Waals surface area contributed by atoms with E-state index >= 15 is 0 Å². The molecule has 2 amide bonds. The smallest absolute Gasteiger partial charge is 0.326 e. The minimum atomic E-state index is -0.652. The van der Waals surface area contributed by atoms with Crippen molar-refractivity contribution < 1.29 is 4.79 Å². The molecule has 0 aliphatic heterocycles. The molecule has 0 saturated heterocycles. The van der Waals surface area contributed by atoms with Crippen molar-refractivity contribution in [3.8, 4) is 0 Å². The summed E-state index contributed by atoms with van der Waals surface area (Å²) in [5, 5.41) is 2.25. The Hall–Kier alpha value is -1.41. The number of halogens is 1. The second-order valence-electron chi connectivity index (χ2n) is 2.67. The van der Waals surface area contributed by atoms with Crippen LogP contribution in [0.3, 0.4) is 0 Å². The van der Waals surface area contributed by atoms with Crippen molar-refractivity contribution in [2.45, 2.75) is 5.75 Å². The Morgan fingerprint density at radius 3 is 2.75 bits per heavy atom. The normalized spacial score (nSPS) is 9.88. The summed E-state index contributed by atoms with van der Waals surface area (Å²) in [7, 11) is 1.47. The average Bonchev–Trinajstić information content (AvgIpc) is 2.24. The third-order valence-electron chi connectivity index (χ3n) is 1.56. The van der Waals surface area contributed by atoms with Crippen LogP contribution in [0.5, 0.6) is 0 Å². The number of aromatic nitrogens is 2. The molecule has 4 N–H and O–H groups in total. The SMILES string of the molecule is CNC(=O)NSCc1[nH]c(=O)[nH]c(=O)c1Cl. The molecule has 7 nitrogen and oxygen atoms in total. The first-order chi connectivity index (χ1) is 7.54. The predicted molar refractivity (Wildman–Crippen MR) is 61.6 cm³/mol. The number of aromatic amines is 2. The van der Waals surface area contributed by atoms with Crippen molar-refractivity contribution in [3.63, 3.8) is 0 Å². The van der Waals surface area contributed by atoms with Crippen molar-refractivity contribution in [2.75, 3.05) is 7.05 Å². The first-order valence-electron chi connectivity index (χ1n) is 4.15. The van der Waals surface area contributed by atoms with Crippen LogP contribution in [-0.4, -0.2) is 23.0 Å². The fraction of sp³-hybridized carbons (Fsp3) is 0.286. The zero-order valence-corrected chi connectivity index (χ0v) is 9.79. The van der Waals surface area contributed by atoms with E-state index in [1.807, 2.05) is 4.98 Å². The molecule has 88 valence electrons. The highest BCUT2D eigenvalue weighted by atomic mass is 35.5. The van der Waals surface area contributed by atoms with Gasteiger partial charge in [-0.3, -0.25) is 14.5 Å². The van der Waals surface area contributed by atoms with Gasteiger partial charge in [0.25, 0.3) is 5.56 Å². The van der Waals surface area contributed by atoms with Crippen LogP contribution in [0, 0.1) is 0 Å². The van der Waals surface area contributed by atoms with E-state index in [4.69, 9.17) is 11.6 Å². The van der Waals surface area contributed by atoms with Crippen LogP contribution < -0.4 is 21.3 Å². The number of hydrogen-bond donors (Lipinski definition) is 4. The van der Waals surface area contributed by atoms with Gasteiger partial charge < -0.3 is 10.3 Å². The Morgan fingerprint density at radius 1 is 1.44 bits per heavy atom.